The van der Waals surface area contributed by atoms with Crippen molar-refractivity contribution in [1.82, 2.24) is 5.32 Å². The van der Waals surface area contributed by atoms with Crippen molar-refractivity contribution in [3.05, 3.63) is 20.8 Å². The molecule has 0 fully saturated rings. The van der Waals surface area contributed by atoms with Gasteiger partial charge in [-0.1, -0.05) is 6.92 Å². The van der Waals surface area contributed by atoms with E-state index in [9.17, 15) is 4.79 Å². The minimum atomic E-state index is 0.0228. The predicted molar refractivity (Wildman–Crippen MR) is 69.6 cm³/mol. The third kappa shape index (κ3) is 4.63. The zero-order valence-electron chi connectivity index (χ0n) is 9.20. The van der Waals surface area contributed by atoms with Crippen molar-refractivity contribution >= 4 is 33.2 Å². The van der Waals surface area contributed by atoms with Crippen molar-refractivity contribution in [2.24, 2.45) is 0 Å². The Kier molecular flexibility index (Phi) is 6.01. The summed E-state index contributed by atoms with van der Waals surface area (Å²) in [7, 11) is 0. The van der Waals surface area contributed by atoms with E-state index < -0.39 is 0 Å². The van der Waals surface area contributed by atoms with E-state index in [-0.39, 0.29) is 18.6 Å². The lowest BCUT2D eigenvalue weighted by Crippen LogP contribution is -2.35. The fourth-order valence-corrected chi connectivity index (χ4v) is 2.90. The summed E-state index contributed by atoms with van der Waals surface area (Å²) in [5.74, 6) is 0.0228. The fourth-order valence-electron chi connectivity index (χ4n) is 1.42. The number of halogens is 1. The van der Waals surface area contributed by atoms with Gasteiger partial charge in [0, 0.05) is 17.5 Å². The molecule has 0 saturated heterocycles. The monoisotopic (exact) mass is 305 g/mol. The number of thiophene rings is 1. The highest BCUT2D eigenvalue weighted by Crippen LogP contribution is 2.22. The van der Waals surface area contributed by atoms with Crippen LogP contribution in [-0.4, -0.2) is 23.7 Å². The Balaban J connectivity index is 2.40. The van der Waals surface area contributed by atoms with E-state index in [1.165, 1.54) is 0 Å². The summed E-state index contributed by atoms with van der Waals surface area (Å²) in [6.07, 6.45) is 1.88. The second-order valence-electron chi connectivity index (χ2n) is 3.57. The molecule has 1 aromatic heterocycles. The Morgan fingerprint density at radius 3 is 2.88 bits per heavy atom. The third-order valence-electron chi connectivity index (χ3n) is 2.30. The number of hydrogen-bond acceptors (Lipinski definition) is 3. The van der Waals surface area contributed by atoms with Gasteiger partial charge in [-0.05, 0) is 40.9 Å². The molecular weight excluding hydrogens is 290 g/mol. The SMILES string of the molecule is CC[C@@H](CCO)NC(=O)Cc1ccc(Br)s1. The highest BCUT2D eigenvalue weighted by atomic mass is 79.9. The Morgan fingerprint density at radius 1 is 1.62 bits per heavy atom. The third-order valence-corrected chi connectivity index (χ3v) is 3.92. The molecule has 0 aromatic carbocycles. The molecule has 0 aliphatic carbocycles. The van der Waals surface area contributed by atoms with Gasteiger partial charge < -0.3 is 10.4 Å². The molecule has 0 aliphatic heterocycles. The highest BCUT2D eigenvalue weighted by Gasteiger charge is 2.11. The van der Waals surface area contributed by atoms with E-state index in [0.29, 0.717) is 12.8 Å². The van der Waals surface area contributed by atoms with Crippen LogP contribution >= 0.6 is 27.3 Å². The van der Waals surface area contributed by atoms with Gasteiger partial charge in [0.1, 0.15) is 0 Å². The van der Waals surface area contributed by atoms with Gasteiger partial charge in [0.2, 0.25) is 5.91 Å². The number of nitrogens with one attached hydrogen (secondary N) is 1. The first-order valence-electron chi connectivity index (χ1n) is 5.30. The normalized spacial score (nSPS) is 12.4. The number of carbonyl (C=O) groups is 1. The standard InChI is InChI=1S/C11H16BrNO2S/c1-2-8(5-6-14)13-11(15)7-9-3-4-10(12)16-9/h3-4,8,14H,2,5-7H2,1H3,(H,13,15)/t8-/m0/s1. The Labute approximate surface area is 108 Å². The number of aliphatic hydroxyl groups excluding tert-OH is 1. The Morgan fingerprint density at radius 2 is 2.38 bits per heavy atom. The maximum atomic E-state index is 11.7. The molecule has 1 atom stereocenters. The first kappa shape index (κ1) is 13.7. The van der Waals surface area contributed by atoms with Crippen LogP contribution < -0.4 is 5.32 Å². The zero-order chi connectivity index (χ0) is 12.0. The molecule has 5 heteroatoms. The summed E-state index contributed by atoms with van der Waals surface area (Å²) < 4.78 is 1.04. The first-order valence-corrected chi connectivity index (χ1v) is 6.91. The van der Waals surface area contributed by atoms with E-state index in [1.807, 2.05) is 19.1 Å². The van der Waals surface area contributed by atoms with Crippen molar-refractivity contribution < 1.29 is 9.90 Å². The number of amides is 1. The van der Waals surface area contributed by atoms with Gasteiger partial charge in [0.05, 0.1) is 10.2 Å². The lowest BCUT2D eigenvalue weighted by atomic mass is 10.1. The van der Waals surface area contributed by atoms with Crippen LogP contribution in [0.1, 0.15) is 24.6 Å². The molecule has 3 nitrogen and oxygen atoms in total. The zero-order valence-corrected chi connectivity index (χ0v) is 11.6. The molecule has 0 unspecified atom stereocenters. The van der Waals surface area contributed by atoms with Crippen LogP contribution in [0.15, 0.2) is 15.9 Å². The van der Waals surface area contributed by atoms with Crippen LogP contribution in [0.2, 0.25) is 0 Å². The van der Waals surface area contributed by atoms with Crippen LogP contribution in [0.3, 0.4) is 0 Å². The van der Waals surface area contributed by atoms with Crippen LogP contribution in [-0.2, 0) is 11.2 Å². The predicted octanol–water partition coefficient (Wildman–Crippen LogP) is 2.33. The van der Waals surface area contributed by atoms with Crippen LogP contribution in [0.4, 0.5) is 0 Å². The molecule has 0 saturated carbocycles. The van der Waals surface area contributed by atoms with Crippen molar-refractivity contribution in [2.75, 3.05) is 6.61 Å². The molecule has 1 heterocycles. The second kappa shape index (κ2) is 7.04. The van der Waals surface area contributed by atoms with Crippen molar-refractivity contribution in [2.45, 2.75) is 32.2 Å². The quantitative estimate of drug-likeness (QED) is 0.847. The van der Waals surface area contributed by atoms with Crippen LogP contribution in [0.25, 0.3) is 0 Å². The second-order valence-corrected chi connectivity index (χ2v) is 6.12. The molecule has 90 valence electrons. The Hall–Kier alpha value is -0.390. The van der Waals surface area contributed by atoms with Gasteiger partial charge in [0.25, 0.3) is 0 Å². The average molecular weight is 306 g/mol. The van der Waals surface area contributed by atoms with Crippen LogP contribution in [0, 0.1) is 0 Å². The summed E-state index contributed by atoms with van der Waals surface area (Å²) in [5.41, 5.74) is 0. The van der Waals surface area contributed by atoms with E-state index >= 15 is 0 Å². The molecular formula is C11H16BrNO2S. The summed E-state index contributed by atoms with van der Waals surface area (Å²) in [5, 5.41) is 11.7. The van der Waals surface area contributed by atoms with Crippen molar-refractivity contribution in [3.8, 4) is 0 Å². The van der Waals surface area contributed by atoms with E-state index in [4.69, 9.17) is 5.11 Å². The van der Waals surface area contributed by atoms with Gasteiger partial charge in [-0.3, -0.25) is 4.79 Å². The topological polar surface area (TPSA) is 49.3 Å². The van der Waals surface area contributed by atoms with Gasteiger partial charge in [-0.15, -0.1) is 11.3 Å². The van der Waals surface area contributed by atoms with Crippen molar-refractivity contribution in [3.63, 3.8) is 0 Å². The first-order chi connectivity index (χ1) is 7.65. The number of hydrogen-bond donors (Lipinski definition) is 2. The summed E-state index contributed by atoms with van der Waals surface area (Å²) in [6, 6.07) is 3.97. The van der Waals surface area contributed by atoms with Gasteiger partial charge >= 0.3 is 0 Å². The molecule has 0 spiro atoms. The maximum Gasteiger partial charge on any atom is 0.225 e. The molecule has 0 radical (unpaired) electrons. The number of aliphatic hydroxyl groups is 1. The van der Waals surface area contributed by atoms with Crippen molar-refractivity contribution in [1.29, 1.82) is 0 Å². The Bertz CT molecular complexity index is 340. The molecule has 1 rings (SSSR count). The minimum absolute atomic E-state index is 0.0228. The average Bonchev–Trinajstić information content (AvgIpc) is 2.63. The summed E-state index contributed by atoms with van der Waals surface area (Å²) in [4.78, 5) is 12.7. The maximum absolute atomic E-state index is 11.7. The van der Waals surface area contributed by atoms with E-state index in [2.05, 4.69) is 21.2 Å². The van der Waals surface area contributed by atoms with E-state index in [1.54, 1.807) is 11.3 Å². The van der Waals surface area contributed by atoms with E-state index in [0.717, 1.165) is 15.1 Å². The lowest BCUT2D eigenvalue weighted by molar-refractivity contribution is -0.121. The largest absolute Gasteiger partial charge is 0.396 e. The number of carbonyl (C=O) groups excluding carboxylic acids is 1. The van der Waals surface area contributed by atoms with Gasteiger partial charge in [-0.2, -0.15) is 0 Å². The summed E-state index contributed by atoms with van der Waals surface area (Å²) >= 11 is 4.94. The molecule has 0 bridgehead atoms. The highest BCUT2D eigenvalue weighted by molar-refractivity contribution is 9.11. The lowest BCUT2D eigenvalue weighted by Gasteiger charge is -2.15. The molecule has 16 heavy (non-hydrogen) atoms. The molecule has 1 amide bonds. The summed E-state index contributed by atoms with van der Waals surface area (Å²) in [6.45, 7) is 2.12. The van der Waals surface area contributed by atoms with Gasteiger partial charge in [-0.25, -0.2) is 0 Å². The van der Waals surface area contributed by atoms with Gasteiger partial charge in [0.15, 0.2) is 0 Å². The molecule has 0 aliphatic rings. The number of rotatable bonds is 6. The smallest absolute Gasteiger partial charge is 0.225 e. The fraction of sp³-hybridized carbons (Fsp3) is 0.545. The van der Waals surface area contributed by atoms with Crippen LogP contribution in [0.5, 0.6) is 0 Å². The molecule has 1 aromatic rings. The minimum Gasteiger partial charge on any atom is -0.396 e. The molecule has 2 N–H and O–H groups in total.